The van der Waals surface area contributed by atoms with Gasteiger partial charge in [0.1, 0.15) is 21.9 Å². The van der Waals surface area contributed by atoms with Crippen molar-refractivity contribution in [2.45, 2.75) is 4.90 Å². The molecule has 0 bridgehead atoms. The molecule has 0 saturated carbocycles. The number of halogens is 1. The third-order valence-corrected chi connectivity index (χ3v) is 5.62. The summed E-state index contributed by atoms with van der Waals surface area (Å²) in [6, 6.07) is 7.10. The van der Waals surface area contributed by atoms with Gasteiger partial charge in [-0.2, -0.15) is 4.31 Å². The SMILES string of the molecule is CN1c2ccsc2C(=O)c2ccc(Br)cc2[S+]1[O-]. The first kappa shape index (κ1) is 12.2. The first-order valence-electron chi connectivity index (χ1n) is 5.17. The number of carbonyl (C=O) groups is 1. The number of ketones is 1. The fraction of sp³-hybridized carbons (Fsp3) is 0.0833. The van der Waals surface area contributed by atoms with Gasteiger partial charge in [-0.3, -0.25) is 4.79 Å². The Kier molecular flexibility index (Phi) is 2.97. The van der Waals surface area contributed by atoms with Crippen molar-refractivity contribution in [3.05, 3.63) is 44.6 Å². The number of hydrogen-bond donors (Lipinski definition) is 0. The smallest absolute Gasteiger partial charge is 0.210 e. The third kappa shape index (κ3) is 1.72. The summed E-state index contributed by atoms with van der Waals surface area (Å²) in [5.74, 6) is -0.0554. The second-order valence-electron chi connectivity index (χ2n) is 3.85. The van der Waals surface area contributed by atoms with Crippen LogP contribution >= 0.6 is 27.3 Å². The van der Waals surface area contributed by atoms with E-state index in [2.05, 4.69) is 15.9 Å². The maximum Gasteiger partial charge on any atom is 0.210 e. The number of fused-ring (bicyclic) bond motifs is 2. The van der Waals surface area contributed by atoms with Crippen molar-refractivity contribution in [3.63, 3.8) is 0 Å². The van der Waals surface area contributed by atoms with Gasteiger partial charge in [0.05, 0.1) is 12.6 Å². The van der Waals surface area contributed by atoms with E-state index in [9.17, 15) is 9.35 Å². The Labute approximate surface area is 120 Å². The van der Waals surface area contributed by atoms with E-state index in [0.29, 0.717) is 15.3 Å². The highest BCUT2D eigenvalue weighted by Crippen LogP contribution is 2.37. The molecule has 1 aromatic heterocycles. The average Bonchev–Trinajstić information content (AvgIpc) is 2.82. The van der Waals surface area contributed by atoms with Gasteiger partial charge in [-0.05, 0) is 23.6 Å². The highest BCUT2D eigenvalue weighted by atomic mass is 79.9. The molecule has 1 unspecified atom stereocenters. The van der Waals surface area contributed by atoms with Crippen LogP contribution in [0.5, 0.6) is 0 Å². The van der Waals surface area contributed by atoms with Gasteiger partial charge in [0.25, 0.3) is 0 Å². The molecule has 0 fully saturated rings. The maximum absolute atomic E-state index is 12.5. The summed E-state index contributed by atoms with van der Waals surface area (Å²) in [4.78, 5) is 13.6. The first-order valence-corrected chi connectivity index (χ1v) is 7.95. The summed E-state index contributed by atoms with van der Waals surface area (Å²) in [7, 11) is 1.74. The number of anilines is 1. The molecule has 0 radical (unpaired) electrons. The minimum atomic E-state index is -1.36. The first-order chi connectivity index (χ1) is 8.59. The summed E-state index contributed by atoms with van der Waals surface area (Å²) in [5.41, 5.74) is 1.25. The van der Waals surface area contributed by atoms with Gasteiger partial charge in [-0.15, -0.1) is 11.3 Å². The van der Waals surface area contributed by atoms with E-state index >= 15 is 0 Å². The van der Waals surface area contributed by atoms with Crippen molar-refractivity contribution in [2.75, 3.05) is 11.4 Å². The lowest BCUT2D eigenvalue weighted by molar-refractivity contribution is 0.104. The predicted molar refractivity (Wildman–Crippen MR) is 76.7 cm³/mol. The van der Waals surface area contributed by atoms with E-state index in [0.717, 1.165) is 10.2 Å². The monoisotopic (exact) mass is 341 g/mol. The Bertz CT molecular complexity index is 641. The summed E-state index contributed by atoms with van der Waals surface area (Å²) in [6.45, 7) is 0. The lowest BCUT2D eigenvalue weighted by Gasteiger charge is -2.19. The minimum Gasteiger partial charge on any atom is -0.588 e. The lowest BCUT2D eigenvalue weighted by atomic mass is 10.1. The molecule has 92 valence electrons. The highest BCUT2D eigenvalue weighted by Gasteiger charge is 2.34. The fourth-order valence-corrected chi connectivity index (χ4v) is 4.56. The third-order valence-electron chi connectivity index (χ3n) is 2.82. The molecule has 1 aliphatic heterocycles. The van der Waals surface area contributed by atoms with Crippen LogP contribution in [0.15, 0.2) is 39.0 Å². The number of benzene rings is 1. The second kappa shape index (κ2) is 4.38. The Morgan fingerprint density at radius 1 is 1.39 bits per heavy atom. The van der Waals surface area contributed by atoms with E-state index in [4.69, 9.17) is 0 Å². The highest BCUT2D eigenvalue weighted by molar-refractivity contribution is 9.10. The molecule has 2 aromatic rings. The summed E-state index contributed by atoms with van der Waals surface area (Å²) in [5, 5.41) is 1.85. The average molecular weight is 342 g/mol. The molecule has 2 heterocycles. The molecule has 0 aliphatic carbocycles. The van der Waals surface area contributed by atoms with Crippen molar-refractivity contribution < 1.29 is 9.35 Å². The molecule has 1 atom stereocenters. The molecule has 1 aromatic carbocycles. The summed E-state index contributed by atoms with van der Waals surface area (Å²) in [6.07, 6.45) is 0. The number of carbonyl (C=O) groups excluding carboxylic acids is 1. The molecule has 0 amide bonds. The summed E-state index contributed by atoms with van der Waals surface area (Å²) < 4.78 is 14.9. The molecule has 1 aliphatic rings. The van der Waals surface area contributed by atoms with E-state index in [1.54, 1.807) is 29.6 Å². The molecule has 0 saturated heterocycles. The van der Waals surface area contributed by atoms with Crippen LogP contribution in [0.4, 0.5) is 5.69 Å². The minimum absolute atomic E-state index is 0.0554. The van der Waals surface area contributed by atoms with Crippen molar-refractivity contribution in [1.82, 2.24) is 0 Å². The largest absolute Gasteiger partial charge is 0.588 e. The zero-order chi connectivity index (χ0) is 12.9. The van der Waals surface area contributed by atoms with Crippen molar-refractivity contribution in [1.29, 1.82) is 0 Å². The molecule has 3 rings (SSSR count). The standard InChI is InChI=1S/C12H8BrNO2S2/c1-14-9-4-5-17-12(9)11(15)8-3-2-7(13)6-10(8)18(14)16/h2-6H,1H3. The van der Waals surface area contributed by atoms with Crippen LogP contribution in [-0.2, 0) is 11.4 Å². The molecule has 3 nitrogen and oxygen atoms in total. The van der Waals surface area contributed by atoms with Crippen LogP contribution in [0.1, 0.15) is 15.2 Å². The number of thiophene rings is 1. The maximum atomic E-state index is 12.5. The summed E-state index contributed by atoms with van der Waals surface area (Å²) >= 11 is 3.37. The van der Waals surface area contributed by atoms with E-state index in [-0.39, 0.29) is 5.78 Å². The van der Waals surface area contributed by atoms with E-state index < -0.39 is 11.4 Å². The van der Waals surface area contributed by atoms with Gasteiger partial charge in [-0.1, -0.05) is 15.9 Å². The van der Waals surface area contributed by atoms with Crippen LogP contribution in [0, 0.1) is 0 Å². The van der Waals surface area contributed by atoms with Crippen molar-refractivity contribution in [2.24, 2.45) is 0 Å². The van der Waals surface area contributed by atoms with Crippen molar-refractivity contribution >= 4 is 50.1 Å². The van der Waals surface area contributed by atoms with Crippen LogP contribution in [0.3, 0.4) is 0 Å². The van der Waals surface area contributed by atoms with Crippen LogP contribution in [0.2, 0.25) is 0 Å². The van der Waals surface area contributed by atoms with E-state index in [1.165, 1.54) is 11.3 Å². The topological polar surface area (TPSA) is 43.4 Å². The Morgan fingerprint density at radius 3 is 2.94 bits per heavy atom. The zero-order valence-electron chi connectivity index (χ0n) is 9.34. The molecule has 18 heavy (non-hydrogen) atoms. The van der Waals surface area contributed by atoms with Gasteiger partial charge in [0.2, 0.25) is 5.78 Å². The number of rotatable bonds is 0. The normalized spacial score (nSPS) is 18.3. The molecule has 6 heteroatoms. The molecule has 0 N–H and O–H groups in total. The van der Waals surface area contributed by atoms with Crippen LogP contribution in [0.25, 0.3) is 0 Å². The Hall–Kier alpha value is -0.820. The quantitative estimate of drug-likeness (QED) is 0.691. The van der Waals surface area contributed by atoms with Gasteiger partial charge in [-0.25, -0.2) is 0 Å². The van der Waals surface area contributed by atoms with E-state index in [1.807, 2.05) is 11.4 Å². The molecular formula is C12H8BrNO2S2. The number of hydrogen-bond acceptors (Lipinski definition) is 4. The number of nitrogens with zero attached hydrogens (tertiary/aromatic N) is 1. The molecule has 0 spiro atoms. The Balaban J connectivity index is 2.29. The van der Waals surface area contributed by atoms with Gasteiger partial charge in [0, 0.05) is 10.5 Å². The Morgan fingerprint density at radius 2 is 2.17 bits per heavy atom. The molecular weight excluding hydrogens is 334 g/mol. The van der Waals surface area contributed by atoms with Gasteiger partial charge < -0.3 is 4.55 Å². The van der Waals surface area contributed by atoms with Crippen LogP contribution < -0.4 is 4.31 Å². The lowest BCUT2D eigenvalue weighted by Crippen LogP contribution is -2.26. The zero-order valence-corrected chi connectivity index (χ0v) is 12.6. The fourth-order valence-electron chi connectivity index (χ4n) is 1.91. The predicted octanol–water partition coefficient (Wildman–Crippen LogP) is 3.21. The van der Waals surface area contributed by atoms with Crippen molar-refractivity contribution in [3.8, 4) is 0 Å². The van der Waals surface area contributed by atoms with Crippen LogP contribution in [-0.4, -0.2) is 17.4 Å². The van der Waals surface area contributed by atoms with Gasteiger partial charge in [0.15, 0.2) is 4.90 Å². The second-order valence-corrected chi connectivity index (χ2v) is 7.17. The van der Waals surface area contributed by atoms with Gasteiger partial charge >= 0.3 is 0 Å².